The molecule has 2 saturated heterocycles. The van der Waals surface area contributed by atoms with E-state index in [-0.39, 0.29) is 74.0 Å². The molecule has 0 aliphatic carbocycles. The van der Waals surface area contributed by atoms with Crippen molar-refractivity contribution < 1.29 is 27.9 Å². The molecule has 0 spiro atoms. The zero-order chi connectivity index (χ0) is 27.6. The first kappa shape index (κ1) is 27.8. The van der Waals surface area contributed by atoms with Crippen molar-refractivity contribution in [3.05, 3.63) is 51.3 Å². The molecule has 2 aliphatic heterocycles. The quantitative estimate of drug-likeness (QED) is 0.514. The van der Waals surface area contributed by atoms with E-state index in [1.54, 1.807) is 13.0 Å². The van der Waals surface area contributed by atoms with Crippen molar-refractivity contribution in [1.29, 1.82) is 0 Å². The Kier molecular flexibility index (Phi) is 8.54. The number of carbonyl (C=O) groups excluding carboxylic acids is 3. The number of benzene rings is 1. The van der Waals surface area contributed by atoms with E-state index in [9.17, 15) is 14.4 Å². The molecule has 14 heteroatoms. The van der Waals surface area contributed by atoms with Gasteiger partial charge < -0.3 is 15.0 Å². The number of nitrogens with one attached hydrogen (secondary N) is 2. The van der Waals surface area contributed by atoms with Crippen molar-refractivity contribution in [2.45, 2.75) is 26.4 Å². The highest BCUT2D eigenvalue weighted by Crippen LogP contribution is 2.31. The van der Waals surface area contributed by atoms with Crippen LogP contribution < -0.4 is 20.5 Å². The van der Waals surface area contributed by atoms with Crippen LogP contribution in [0.15, 0.2) is 18.2 Å². The minimum atomic E-state index is -0.859. The van der Waals surface area contributed by atoms with Gasteiger partial charge in [0.2, 0.25) is 11.8 Å². The van der Waals surface area contributed by atoms with E-state index >= 15 is 8.78 Å². The Labute approximate surface area is 227 Å². The number of pyridine rings is 1. The number of carbonyl (C=O) groups is 3. The lowest BCUT2D eigenvalue weighted by molar-refractivity contribution is -0.133. The molecule has 4 rings (SSSR count). The minimum Gasteiger partial charge on any atom is -0.442 e. The van der Waals surface area contributed by atoms with Crippen LogP contribution in [0.1, 0.15) is 18.2 Å². The fourth-order valence-electron chi connectivity index (χ4n) is 4.30. The van der Waals surface area contributed by atoms with E-state index in [1.165, 1.54) is 16.8 Å². The van der Waals surface area contributed by atoms with Crippen molar-refractivity contribution in [1.82, 2.24) is 20.7 Å². The van der Waals surface area contributed by atoms with E-state index in [2.05, 4.69) is 15.7 Å². The van der Waals surface area contributed by atoms with Crippen molar-refractivity contribution in [2.75, 3.05) is 49.1 Å². The molecule has 2 fully saturated rings. The monoisotopic (exact) mass is 570 g/mol. The Bertz CT molecular complexity index is 1220. The van der Waals surface area contributed by atoms with E-state index in [0.29, 0.717) is 16.3 Å². The molecule has 0 saturated carbocycles. The Morgan fingerprint density at radius 3 is 2.55 bits per heavy atom. The lowest BCUT2D eigenvalue weighted by Crippen LogP contribution is -2.44. The zero-order valence-corrected chi connectivity index (χ0v) is 22.2. The van der Waals surface area contributed by atoms with Crippen LogP contribution in [0.3, 0.4) is 0 Å². The van der Waals surface area contributed by atoms with E-state index in [1.807, 2.05) is 0 Å². The number of aromatic nitrogens is 1. The SMILES string of the molecule is CC(=O)NC[C@H]1CN(c2cc(F)c(N3CCNN(C(=O)Cc4c(Cl)cc(C)nc4Cl)CC3)c(F)c2)C(=O)O1. The highest BCUT2D eigenvalue weighted by atomic mass is 35.5. The van der Waals surface area contributed by atoms with Gasteiger partial charge in [0.25, 0.3) is 0 Å². The van der Waals surface area contributed by atoms with Gasteiger partial charge in [-0.15, -0.1) is 0 Å². The molecule has 1 atom stereocenters. The molecule has 3 heterocycles. The normalized spacial score (nSPS) is 17.9. The molecule has 38 heavy (non-hydrogen) atoms. The first-order valence-corrected chi connectivity index (χ1v) is 12.6. The Morgan fingerprint density at radius 1 is 1.18 bits per heavy atom. The third-order valence-corrected chi connectivity index (χ3v) is 6.79. The van der Waals surface area contributed by atoms with Crippen LogP contribution >= 0.6 is 23.2 Å². The van der Waals surface area contributed by atoms with E-state index < -0.39 is 23.8 Å². The van der Waals surface area contributed by atoms with E-state index in [4.69, 9.17) is 27.9 Å². The number of halogens is 4. The average Bonchev–Trinajstić information content (AvgIpc) is 3.04. The second kappa shape index (κ2) is 11.7. The van der Waals surface area contributed by atoms with Crippen molar-refractivity contribution in [2.24, 2.45) is 0 Å². The van der Waals surface area contributed by atoms with Crippen LogP contribution in [0.4, 0.5) is 25.0 Å². The first-order chi connectivity index (χ1) is 18.0. The van der Waals surface area contributed by atoms with Crippen LogP contribution in [-0.4, -0.2) is 73.3 Å². The fraction of sp³-hybridized carbons (Fsp3) is 0.417. The largest absolute Gasteiger partial charge is 0.442 e. The number of anilines is 2. The van der Waals surface area contributed by atoms with Crippen LogP contribution in [-0.2, 0) is 20.7 Å². The predicted octanol–water partition coefficient (Wildman–Crippen LogP) is 2.83. The number of cyclic esters (lactones) is 1. The summed E-state index contributed by atoms with van der Waals surface area (Å²) in [7, 11) is 0. The average molecular weight is 571 g/mol. The van der Waals surface area contributed by atoms with Gasteiger partial charge in [0.1, 0.15) is 16.9 Å². The molecule has 2 N–H and O–H groups in total. The summed E-state index contributed by atoms with van der Waals surface area (Å²) in [5, 5.41) is 4.39. The van der Waals surface area contributed by atoms with Crippen LogP contribution in [0.2, 0.25) is 10.2 Å². The summed E-state index contributed by atoms with van der Waals surface area (Å²) >= 11 is 12.4. The topological polar surface area (TPSA) is 107 Å². The van der Waals surface area contributed by atoms with Crippen molar-refractivity contribution in [3.63, 3.8) is 0 Å². The summed E-state index contributed by atoms with van der Waals surface area (Å²) in [6, 6.07) is 3.75. The number of aryl methyl sites for hydroxylation is 1. The van der Waals surface area contributed by atoms with Crippen LogP contribution in [0.5, 0.6) is 0 Å². The van der Waals surface area contributed by atoms with Crippen molar-refractivity contribution in [3.8, 4) is 0 Å². The molecule has 2 aromatic rings. The van der Waals surface area contributed by atoms with Gasteiger partial charge in [-0.05, 0) is 13.0 Å². The highest BCUT2D eigenvalue weighted by Gasteiger charge is 2.34. The first-order valence-electron chi connectivity index (χ1n) is 11.9. The Hall–Kier alpha value is -3.22. The molecule has 3 amide bonds. The number of amides is 3. The maximum absolute atomic E-state index is 15.2. The Morgan fingerprint density at radius 2 is 1.89 bits per heavy atom. The maximum Gasteiger partial charge on any atom is 0.414 e. The second-order valence-corrected chi connectivity index (χ2v) is 9.71. The molecular weight excluding hydrogens is 545 g/mol. The highest BCUT2D eigenvalue weighted by molar-refractivity contribution is 6.35. The summed E-state index contributed by atoms with van der Waals surface area (Å²) in [6.07, 6.45) is -1.49. The number of ether oxygens (including phenoxy) is 1. The van der Waals surface area contributed by atoms with E-state index in [0.717, 1.165) is 17.0 Å². The zero-order valence-electron chi connectivity index (χ0n) is 20.7. The molecule has 0 unspecified atom stereocenters. The molecule has 0 bridgehead atoms. The molecular formula is C24H26Cl2F2N6O4. The van der Waals surface area contributed by atoms with Gasteiger partial charge in [-0.2, -0.15) is 0 Å². The van der Waals surface area contributed by atoms with Gasteiger partial charge >= 0.3 is 6.09 Å². The molecule has 0 radical (unpaired) electrons. The van der Waals surface area contributed by atoms with Gasteiger partial charge in [-0.3, -0.25) is 19.5 Å². The lowest BCUT2D eigenvalue weighted by atomic mass is 10.2. The standard InChI is InChI=1S/C24H26Cl2F2N6O4/c1-13-7-18(25)17(23(26)31-13)10-21(36)34-6-5-32(4-3-30-34)22-19(27)8-15(9-20(22)28)33-12-16(38-24(33)37)11-29-14(2)35/h7-9,16,30H,3-6,10-12H2,1-2H3,(H,29,35)/t16-/m0/s1. The van der Waals surface area contributed by atoms with Crippen molar-refractivity contribution >= 4 is 52.5 Å². The lowest BCUT2D eigenvalue weighted by Gasteiger charge is -2.25. The van der Waals surface area contributed by atoms with Gasteiger partial charge in [-0.25, -0.2) is 24.0 Å². The van der Waals surface area contributed by atoms with Gasteiger partial charge in [0, 0.05) is 55.0 Å². The smallest absolute Gasteiger partial charge is 0.414 e. The van der Waals surface area contributed by atoms with Gasteiger partial charge in [-0.1, -0.05) is 23.2 Å². The second-order valence-electron chi connectivity index (χ2n) is 8.94. The number of hydrogen-bond acceptors (Lipinski definition) is 7. The summed E-state index contributed by atoms with van der Waals surface area (Å²) in [5.74, 6) is -2.32. The molecule has 2 aliphatic rings. The molecule has 204 valence electrons. The molecule has 10 nitrogen and oxygen atoms in total. The van der Waals surface area contributed by atoms with Gasteiger partial charge in [0.05, 0.1) is 31.7 Å². The summed E-state index contributed by atoms with van der Waals surface area (Å²) in [6.45, 7) is 3.93. The number of rotatable bonds is 6. The summed E-state index contributed by atoms with van der Waals surface area (Å²) in [4.78, 5) is 43.0. The maximum atomic E-state index is 15.2. The van der Waals surface area contributed by atoms with Crippen LogP contribution in [0.25, 0.3) is 0 Å². The summed E-state index contributed by atoms with van der Waals surface area (Å²) < 4.78 is 35.5. The Balaban J connectivity index is 1.43. The number of hydrogen-bond donors (Lipinski definition) is 2. The number of hydrazine groups is 1. The predicted molar refractivity (Wildman–Crippen MR) is 137 cm³/mol. The fourth-order valence-corrected chi connectivity index (χ4v) is 4.97. The van der Waals surface area contributed by atoms with Crippen LogP contribution in [0, 0.1) is 18.6 Å². The number of nitrogens with zero attached hydrogens (tertiary/aromatic N) is 4. The molecule has 1 aromatic carbocycles. The third-order valence-electron chi connectivity index (χ3n) is 6.14. The van der Waals surface area contributed by atoms with Gasteiger partial charge in [0.15, 0.2) is 11.6 Å². The molecule has 1 aromatic heterocycles. The minimum absolute atomic E-state index is 0.00397. The summed E-state index contributed by atoms with van der Waals surface area (Å²) in [5.41, 5.74) is 3.74. The third kappa shape index (κ3) is 6.25.